The fourth-order valence-corrected chi connectivity index (χ4v) is 5.53. The Bertz CT molecular complexity index is 778. The van der Waals surface area contributed by atoms with Crippen LogP contribution >= 0.6 is 0 Å². The van der Waals surface area contributed by atoms with Crippen LogP contribution in [0.1, 0.15) is 54.9 Å². The van der Waals surface area contributed by atoms with E-state index in [1.54, 1.807) is 4.31 Å². The van der Waals surface area contributed by atoms with Gasteiger partial charge in [0.25, 0.3) is 5.91 Å². The zero-order valence-corrected chi connectivity index (χ0v) is 19.3. The van der Waals surface area contributed by atoms with E-state index in [-0.39, 0.29) is 5.91 Å². The molecule has 7 heteroatoms. The molecule has 2 heterocycles. The van der Waals surface area contributed by atoms with Crippen LogP contribution in [0.2, 0.25) is 0 Å². The number of piperidine rings is 2. The Hall–Kier alpha value is -1.44. The second kappa shape index (κ2) is 10.7. The Labute approximate surface area is 182 Å². The first-order chi connectivity index (χ1) is 14.3. The molecule has 0 radical (unpaired) electrons. The minimum absolute atomic E-state index is 0.00834. The average Bonchev–Trinajstić information content (AvgIpc) is 2.74. The lowest BCUT2D eigenvalue weighted by molar-refractivity contribution is 0.0948. The highest BCUT2D eigenvalue weighted by Crippen LogP contribution is 2.23. The first-order valence-corrected chi connectivity index (χ1v) is 13.2. The van der Waals surface area contributed by atoms with Gasteiger partial charge < -0.3 is 10.2 Å². The Morgan fingerprint density at radius 1 is 1.00 bits per heavy atom. The summed E-state index contributed by atoms with van der Waals surface area (Å²) in [6, 6.07) is 7.91. The zero-order valence-electron chi connectivity index (χ0n) is 18.5. The number of likely N-dealkylation sites (tertiary alicyclic amines) is 1. The number of sulfonamides is 1. The van der Waals surface area contributed by atoms with E-state index in [4.69, 9.17) is 0 Å². The lowest BCUT2D eigenvalue weighted by atomic mass is 9.90. The van der Waals surface area contributed by atoms with Crippen LogP contribution in [0.5, 0.6) is 0 Å². The number of carbonyl (C=O) groups excluding carboxylic acids is 1. The maximum Gasteiger partial charge on any atom is 0.251 e. The Kier molecular flexibility index (Phi) is 8.31. The molecule has 0 atom stereocenters. The van der Waals surface area contributed by atoms with E-state index in [0.29, 0.717) is 24.6 Å². The summed E-state index contributed by atoms with van der Waals surface area (Å²) in [4.78, 5) is 14.9. The number of benzene rings is 1. The van der Waals surface area contributed by atoms with E-state index in [1.165, 1.54) is 37.8 Å². The van der Waals surface area contributed by atoms with Gasteiger partial charge in [-0.3, -0.25) is 4.79 Å². The predicted octanol–water partition coefficient (Wildman–Crippen LogP) is 2.75. The minimum atomic E-state index is -3.07. The van der Waals surface area contributed by atoms with Gasteiger partial charge in [-0.2, -0.15) is 0 Å². The monoisotopic (exact) mass is 435 g/mol. The van der Waals surface area contributed by atoms with Gasteiger partial charge in [-0.1, -0.05) is 19.1 Å². The maximum atomic E-state index is 12.4. The summed E-state index contributed by atoms with van der Waals surface area (Å²) in [5.41, 5.74) is 1.93. The quantitative estimate of drug-likeness (QED) is 0.682. The molecule has 6 nitrogen and oxygen atoms in total. The zero-order chi connectivity index (χ0) is 21.6. The molecule has 168 valence electrons. The standard InChI is InChI=1S/C23H37N3O3S/c1-3-25-14-9-19(10-15-25)8-13-24-23(27)22-6-4-20(5-7-22)18-21-11-16-26(17-12-21)30(2,28)29/h4-7,19,21H,3,8-18H2,1-2H3,(H,24,27). The number of amides is 1. The van der Waals surface area contributed by atoms with Crippen LogP contribution in [-0.2, 0) is 16.4 Å². The third-order valence-electron chi connectivity index (χ3n) is 6.78. The predicted molar refractivity (Wildman–Crippen MR) is 121 cm³/mol. The van der Waals surface area contributed by atoms with Gasteiger partial charge in [-0.25, -0.2) is 12.7 Å². The van der Waals surface area contributed by atoms with Crippen molar-refractivity contribution in [1.29, 1.82) is 0 Å². The fourth-order valence-electron chi connectivity index (χ4n) is 4.65. The molecular formula is C23H37N3O3S. The second-order valence-electron chi connectivity index (χ2n) is 8.93. The normalized spacial score (nSPS) is 20.3. The summed E-state index contributed by atoms with van der Waals surface area (Å²) in [5, 5.41) is 3.08. The van der Waals surface area contributed by atoms with E-state index in [1.807, 2.05) is 24.3 Å². The van der Waals surface area contributed by atoms with Crippen molar-refractivity contribution >= 4 is 15.9 Å². The number of rotatable bonds is 8. The molecule has 0 unspecified atom stereocenters. The van der Waals surface area contributed by atoms with E-state index < -0.39 is 10.0 Å². The molecule has 2 saturated heterocycles. The molecule has 2 aliphatic rings. The van der Waals surface area contributed by atoms with Crippen LogP contribution in [0.25, 0.3) is 0 Å². The molecule has 3 rings (SSSR count). The highest BCUT2D eigenvalue weighted by atomic mass is 32.2. The van der Waals surface area contributed by atoms with Crippen molar-refractivity contribution in [1.82, 2.24) is 14.5 Å². The van der Waals surface area contributed by atoms with Crippen LogP contribution in [0.4, 0.5) is 0 Å². The first-order valence-electron chi connectivity index (χ1n) is 11.4. The smallest absolute Gasteiger partial charge is 0.251 e. The molecule has 0 bridgehead atoms. The van der Waals surface area contributed by atoms with Crippen LogP contribution in [0.3, 0.4) is 0 Å². The van der Waals surface area contributed by atoms with Crippen LogP contribution < -0.4 is 5.32 Å². The van der Waals surface area contributed by atoms with Gasteiger partial charge in [0, 0.05) is 25.2 Å². The number of nitrogens with one attached hydrogen (secondary N) is 1. The average molecular weight is 436 g/mol. The lowest BCUT2D eigenvalue weighted by Gasteiger charge is -2.31. The van der Waals surface area contributed by atoms with E-state index in [2.05, 4.69) is 17.1 Å². The van der Waals surface area contributed by atoms with E-state index >= 15 is 0 Å². The number of hydrogen-bond acceptors (Lipinski definition) is 4. The van der Waals surface area contributed by atoms with E-state index in [0.717, 1.165) is 44.7 Å². The van der Waals surface area contributed by atoms with E-state index in [9.17, 15) is 13.2 Å². The SMILES string of the molecule is CCN1CCC(CCNC(=O)c2ccc(CC3CCN(S(C)(=O)=O)CC3)cc2)CC1. The second-order valence-corrected chi connectivity index (χ2v) is 10.9. The van der Waals surface area contributed by atoms with Crippen molar-refractivity contribution in [3.8, 4) is 0 Å². The highest BCUT2D eigenvalue weighted by Gasteiger charge is 2.25. The maximum absolute atomic E-state index is 12.4. The van der Waals surface area contributed by atoms with Gasteiger partial charge in [0.2, 0.25) is 10.0 Å². The molecule has 30 heavy (non-hydrogen) atoms. The number of carbonyl (C=O) groups is 1. The van der Waals surface area contributed by atoms with Gasteiger partial charge in [-0.05, 0) is 87.7 Å². The summed E-state index contributed by atoms with van der Waals surface area (Å²) >= 11 is 0. The summed E-state index contributed by atoms with van der Waals surface area (Å²) in [6.07, 6.45) is 7.55. The van der Waals surface area contributed by atoms with Crippen LogP contribution in [-0.4, -0.2) is 69.1 Å². The van der Waals surface area contributed by atoms with Gasteiger partial charge in [0.1, 0.15) is 0 Å². The Morgan fingerprint density at radius 2 is 1.60 bits per heavy atom. The van der Waals surface area contributed by atoms with Crippen molar-refractivity contribution in [3.05, 3.63) is 35.4 Å². The molecule has 0 spiro atoms. The van der Waals surface area contributed by atoms with Crippen molar-refractivity contribution in [2.45, 2.75) is 45.4 Å². The molecule has 2 aliphatic heterocycles. The summed E-state index contributed by atoms with van der Waals surface area (Å²) in [5.74, 6) is 1.24. The van der Waals surface area contributed by atoms with Gasteiger partial charge in [0.15, 0.2) is 0 Å². The third kappa shape index (κ3) is 6.79. The van der Waals surface area contributed by atoms with Crippen molar-refractivity contribution in [2.24, 2.45) is 11.8 Å². The highest BCUT2D eigenvalue weighted by molar-refractivity contribution is 7.88. The molecular weight excluding hydrogens is 398 g/mol. The van der Waals surface area contributed by atoms with Gasteiger partial charge in [0.05, 0.1) is 6.26 Å². The molecule has 0 saturated carbocycles. The molecule has 1 aromatic carbocycles. The van der Waals surface area contributed by atoms with Crippen molar-refractivity contribution in [3.63, 3.8) is 0 Å². The fraction of sp³-hybridized carbons (Fsp3) is 0.696. The van der Waals surface area contributed by atoms with Gasteiger partial charge in [-0.15, -0.1) is 0 Å². The molecule has 2 fully saturated rings. The lowest BCUT2D eigenvalue weighted by Crippen LogP contribution is -2.38. The molecule has 1 aromatic rings. The largest absolute Gasteiger partial charge is 0.352 e. The Morgan fingerprint density at radius 3 is 2.17 bits per heavy atom. The minimum Gasteiger partial charge on any atom is -0.352 e. The number of hydrogen-bond donors (Lipinski definition) is 1. The Balaban J connectivity index is 1.38. The molecule has 0 aromatic heterocycles. The number of nitrogens with zero attached hydrogens (tertiary/aromatic N) is 2. The molecule has 0 aliphatic carbocycles. The van der Waals surface area contributed by atoms with Crippen LogP contribution in [0, 0.1) is 11.8 Å². The first kappa shape index (κ1) is 23.2. The van der Waals surface area contributed by atoms with Crippen molar-refractivity contribution in [2.75, 3.05) is 45.5 Å². The van der Waals surface area contributed by atoms with Crippen molar-refractivity contribution < 1.29 is 13.2 Å². The summed E-state index contributed by atoms with van der Waals surface area (Å²) in [7, 11) is -3.07. The van der Waals surface area contributed by atoms with Gasteiger partial charge >= 0.3 is 0 Å². The summed E-state index contributed by atoms with van der Waals surface area (Å²) in [6.45, 7) is 7.69. The molecule has 1 amide bonds. The topological polar surface area (TPSA) is 69.7 Å². The third-order valence-corrected chi connectivity index (χ3v) is 8.08. The molecule has 1 N–H and O–H groups in total. The van der Waals surface area contributed by atoms with Crippen LogP contribution in [0.15, 0.2) is 24.3 Å². The summed E-state index contributed by atoms with van der Waals surface area (Å²) < 4.78 is 24.8.